The molecule has 0 N–H and O–H groups in total. The molecule has 164 valence electrons. The highest BCUT2D eigenvalue weighted by molar-refractivity contribution is 8.03. The number of carbonyl (C=O) groups is 2. The van der Waals surface area contributed by atoms with Gasteiger partial charge in [-0.25, -0.2) is 4.90 Å². The molecular formula is C26H25NO4S. The van der Waals surface area contributed by atoms with Gasteiger partial charge in [-0.1, -0.05) is 30.3 Å². The molecule has 0 unspecified atom stereocenters. The minimum Gasteiger partial charge on any atom is -0.489 e. The molecule has 1 aliphatic heterocycles. The SMILES string of the molecule is Cc1ccc(C2=C(SCc3ccco3)C(=O)N(c3ccccc3OC(C)C)C2=O)cc1C. The Balaban J connectivity index is 1.78. The minimum atomic E-state index is -0.348. The first-order valence-electron chi connectivity index (χ1n) is 10.5. The molecule has 4 rings (SSSR count). The standard InChI is InChI=1S/C26H25NO4S/c1-16(2)31-22-10-6-5-9-21(22)27-25(28)23(19-12-11-17(3)18(4)14-19)24(26(27)29)32-15-20-8-7-13-30-20/h5-14,16H,15H2,1-4H3. The molecule has 5 nitrogen and oxygen atoms in total. The van der Waals surface area contributed by atoms with Gasteiger partial charge >= 0.3 is 0 Å². The molecule has 2 amide bonds. The molecule has 0 saturated carbocycles. The molecule has 32 heavy (non-hydrogen) atoms. The number of carbonyl (C=O) groups excluding carboxylic acids is 2. The molecule has 0 radical (unpaired) electrons. The molecular weight excluding hydrogens is 422 g/mol. The highest BCUT2D eigenvalue weighted by Gasteiger charge is 2.41. The van der Waals surface area contributed by atoms with Crippen LogP contribution in [0.3, 0.4) is 0 Å². The number of ether oxygens (including phenoxy) is 1. The average Bonchev–Trinajstić information content (AvgIpc) is 3.35. The van der Waals surface area contributed by atoms with Gasteiger partial charge in [0.15, 0.2) is 0 Å². The van der Waals surface area contributed by atoms with Gasteiger partial charge in [0, 0.05) is 0 Å². The number of para-hydroxylation sites is 2. The quantitative estimate of drug-likeness (QED) is 0.422. The number of aryl methyl sites for hydroxylation is 2. The maximum Gasteiger partial charge on any atom is 0.272 e. The van der Waals surface area contributed by atoms with Crippen LogP contribution in [0.1, 0.15) is 36.3 Å². The van der Waals surface area contributed by atoms with Crippen molar-refractivity contribution in [3.05, 3.63) is 88.2 Å². The van der Waals surface area contributed by atoms with Crippen LogP contribution < -0.4 is 9.64 Å². The Morgan fingerprint density at radius 1 is 0.969 bits per heavy atom. The number of amides is 2. The number of imide groups is 1. The lowest BCUT2D eigenvalue weighted by Crippen LogP contribution is -2.32. The van der Waals surface area contributed by atoms with Gasteiger partial charge in [-0.15, -0.1) is 11.8 Å². The first-order chi connectivity index (χ1) is 15.4. The molecule has 1 aromatic heterocycles. The third-order valence-electron chi connectivity index (χ3n) is 5.24. The molecule has 0 spiro atoms. The Bertz CT molecular complexity index is 1190. The average molecular weight is 448 g/mol. The van der Waals surface area contributed by atoms with Gasteiger partial charge in [-0.05, 0) is 68.7 Å². The highest BCUT2D eigenvalue weighted by atomic mass is 32.2. The molecule has 0 fully saturated rings. The van der Waals surface area contributed by atoms with Crippen LogP contribution in [0, 0.1) is 13.8 Å². The lowest BCUT2D eigenvalue weighted by Gasteiger charge is -2.20. The van der Waals surface area contributed by atoms with Crippen molar-refractivity contribution in [1.29, 1.82) is 0 Å². The highest BCUT2D eigenvalue weighted by Crippen LogP contribution is 2.42. The topological polar surface area (TPSA) is 59.8 Å². The number of hydrogen-bond donors (Lipinski definition) is 0. The van der Waals surface area contributed by atoms with Crippen LogP contribution in [0.25, 0.3) is 5.57 Å². The van der Waals surface area contributed by atoms with E-state index in [0.29, 0.717) is 27.7 Å². The number of anilines is 1. The third-order valence-corrected chi connectivity index (χ3v) is 6.34. The molecule has 0 bridgehead atoms. The van der Waals surface area contributed by atoms with Crippen LogP contribution in [0.15, 0.2) is 70.2 Å². The summed E-state index contributed by atoms with van der Waals surface area (Å²) in [5, 5.41) is 0. The van der Waals surface area contributed by atoms with Gasteiger partial charge < -0.3 is 9.15 Å². The molecule has 0 atom stereocenters. The molecule has 2 aromatic carbocycles. The summed E-state index contributed by atoms with van der Waals surface area (Å²) in [7, 11) is 0. The van der Waals surface area contributed by atoms with Crippen molar-refractivity contribution in [3.63, 3.8) is 0 Å². The van der Waals surface area contributed by atoms with Crippen molar-refractivity contribution in [2.75, 3.05) is 4.90 Å². The van der Waals surface area contributed by atoms with Gasteiger partial charge in [0.05, 0.1) is 34.3 Å². The number of benzene rings is 2. The van der Waals surface area contributed by atoms with E-state index >= 15 is 0 Å². The zero-order valence-corrected chi connectivity index (χ0v) is 19.4. The van der Waals surface area contributed by atoms with Crippen molar-refractivity contribution < 1.29 is 18.7 Å². The Hall–Kier alpha value is -3.25. The van der Waals surface area contributed by atoms with E-state index in [9.17, 15) is 9.59 Å². The van der Waals surface area contributed by atoms with Crippen LogP contribution in [0.5, 0.6) is 5.75 Å². The molecule has 1 aliphatic rings. The Morgan fingerprint density at radius 3 is 2.44 bits per heavy atom. The van der Waals surface area contributed by atoms with E-state index in [1.807, 2.05) is 64.1 Å². The fourth-order valence-electron chi connectivity index (χ4n) is 3.55. The molecule has 3 aromatic rings. The van der Waals surface area contributed by atoms with Gasteiger partial charge in [-0.3, -0.25) is 9.59 Å². The second-order valence-electron chi connectivity index (χ2n) is 7.95. The zero-order valence-electron chi connectivity index (χ0n) is 18.5. The van der Waals surface area contributed by atoms with Crippen molar-refractivity contribution in [2.24, 2.45) is 0 Å². The molecule has 0 aliphatic carbocycles. The van der Waals surface area contributed by atoms with Crippen LogP contribution >= 0.6 is 11.8 Å². The monoisotopic (exact) mass is 447 g/mol. The van der Waals surface area contributed by atoms with E-state index in [0.717, 1.165) is 22.5 Å². The summed E-state index contributed by atoms with van der Waals surface area (Å²) in [5.74, 6) is 0.998. The number of hydrogen-bond acceptors (Lipinski definition) is 5. The lowest BCUT2D eigenvalue weighted by molar-refractivity contribution is -0.119. The van der Waals surface area contributed by atoms with Gasteiger partial charge in [0.25, 0.3) is 11.8 Å². The van der Waals surface area contributed by atoms with E-state index in [4.69, 9.17) is 9.15 Å². The summed E-state index contributed by atoms with van der Waals surface area (Å²) in [4.78, 5) is 28.9. The predicted molar refractivity (Wildman–Crippen MR) is 128 cm³/mol. The molecule has 0 saturated heterocycles. The zero-order chi connectivity index (χ0) is 22.8. The first kappa shape index (κ1) is 22.0. The number of rotatable bonds is 7. The van der Waals surface area contributed by atoms with E-state index < -0.39 is 0 Å². The maximum atomic E-state index is 13.7. The molecule has 2 heterocycles. The summed E-state index contributed by atoms with van der Waals surface area (Å²) in [6.45, 7) is 7.84. The first-order valence-corrected chi connectivity index (χ1v) is 11.5. The summed E-state index contributed by atoms with van der Waals surface area (Å²) < 4.78 is 11.3. The van der Waals surface area contributed by atoms with Crippen LogP contribution in [-0.4, -0.2) is 17.9 Å². The van der Waals surface area contributed by atoms with Gasteiger partial charge in [-0.2, -0.15) is 0 Å². The summed E-state index contributed by atoms with van der Waals surface area (Å²) in [5.41, 5.74) is 3.79. The second kappa shape index (κ2) is 9.09. The van der Waals surface area contributed by atoms with Crippen molar-refractivity contribution in [3.8, 4) is 5.75 Å². The normalized spacial score (nSPS) is 14.1. The summed E-state index contributed by atoms with van der Waals surface area (Å²) >= 11 is 1.32. The van der Waals surface area contributed by atoms with E-state index in [-0.39, 0.29) is 17.9 Å². The Kier molecular flexibility index (Phi) is 6.24. The summed E-state index contributed by atoms with van der Waals surface area (Å²) in [6.07, 6.45) is 1.51. The molecule has 6 heteroatoms. The van der Waals surface area contributed by atoms with Crippen LogP contribution in [0.4, 0.5) is 5.69 Å². The fraction of sp³-hybridized carbons (Fsp3) is 0.231. The minimum absolute atomic E-state index is 0.0936. The summed E-state index contributed by atoms with van der Waals surface area (Å²) in [6, 6.07) is 16.6. The van der Waals surface area contributed by atoms with Crippen LogP contribution in [0.2, 0.25) is 0 Å². The third kappa shape index (κ3) is 4.23. The Morgan fingerprint density at radius 2 is 1.75 bits per heavy atom. The van der Waals surface area contributed by atoms with Crippen molar-refractivity contribution >= 4 is 34.8 Å². The van der Waals surface area contributed by atoms with E-state index in [1.165, 1.54) is 16.7 Å². The second-order valence-corrected chi connectivity index (χ2v) is 8.94. The number of nitrogens with zero attached hydrogens (tertiary/aromatic N) is 1. The number of thioether (sulfide) groups is 1. The predicted octanol–water partition coefficient (Wildman–Crippen LogP) is 5.90. The maximum absolute atomic E-state index is 13.7. The fourth-order valence-corrected chi connectivity index (χ4v) is 4.56. The van der Waals surface area contributed by atoms with E-state index in [2.05, 4.69) is 0 Å². The Labute approximate surface area is 192 Å². The van der Waals surface area contributed by atoms with Gasteiger partial charge in [0.2, 0.25) is 0 Å². The number of furan rings is 1. The van der Waals surface area contributed by atoms with Gasteiger partial charge in [0.1, 0.15) is 11.5 Å². The van der Waals surface area contributed by atoms with Crippen molar-refractivity contribution in [2.45, 2.75) is 39.6 Å². The van der Waals surface area contributed by atoms with E-state index in [1.54, 1.807) is 24.5 Å². The lowest BCUT2D eigenvalue weighted by atomic mass is 10.0. The smallest absolute Gasteiger partial charge is 0.272 e. The van der Waals surface area contributed by atoms with Crippen molar-refractivity contribution in [1.82, 2.24) is 0 Å². The largest absolute Gasteiger partial charge is 0.489 e. The van der Waals surface area contributed by atoms with Crippen LogP contribution in [-0.2, 0) is 15.3 Å².